The molecule has 0 aliphatic carbocycles. The zero-order valence-electron chi connectivity index (χ0n) is 13.9. The van der Waals surface area contributed by atoms with Crippen LogP contribution in [0.2, 0.25) is 5.02 Å². The third kappa shape index (κ3) is 3.24. The van der Waals surface area contributed by atoms with Gasteiger partial charge in [0.25, 0.3) is 0 Å². The number of rotatable bonds is 5. The van der Waals surface area contributed by atoms with Gasteiger partial charge in [0.1, 0.15) is 6.04 Å². The maximum Gasteiger partial charge on any atom is 0.326 e. The Labute approximate surface area is 138 Å². The van der Waals surface area contributed by atoms with E-state index in [9.17, 15) is 9.90 Å². The molecule has 1 aliphatic heterocycles. The topological polar surface area (TPSA) is 40.5 Å². The van der Waals surface area contributed by atoms with Gasteiger partial charge in [-0.05, 0) is 56.4 Å². The van der Waals surface area contributed by atoms with Crippen molar-refractivity contribution in [2.24, 2.45) is 0 Å². The number of carboxylic acid groups (broad SMARTS) is 1. The second-order valence-electron chi connectivity index (χ2n) is 6.99. The van der Waals surface area contributed by atoms with Crippen molar-refractivity contribution in [3.63, 3.8) is 0 Å². The van der Waals surface area contributed by atoms with Crippen LogP contribution in [0, 0.1) is 0 Å². The fourth-order valence-corrected chi connectivity index (χ4v) is 3.95. The maximum absolute atomic E-state index is 11.9. The van der Waals surface area contributed by atoms with Gasteiger partial charge in [0.2, 0.25) is 0 Å². The Bertz CT molecular complexity index is 556. The lowest BCUT2D eigenvalue weighted by molar-refractivity contribution is -0.139. The van der Waals surface area contributed by atoms with Crippen LogP contribution in [0.3, 0.4) is 0 Å². The van der Waals surface area contributed by atoms with Crippen LogP contribution in [0.1, 0.15) is 64.9 Å². The summed E-state index contributed by atoms with van der Waals surface area (Å²) in [5, 5.41) is 10.5. The fourth-order valence-electron chi connectivity index (χ4n) is 3.77. The van der Waals surface area contributed by atoms with Gasteiger partial charge < -0.3 is 10.0 Å². The normalized spacial score (nSPS) is 21.3. The summed E-state index contributed by atoms with van der Waals surface area (Å²) in [5.41, 5.74) is 2.00. The smallest absolute Gasteiger partial charge is 0.326 e. The number of carboxylic acids is 1. The summed E-state index contributed by atoms with van der Waals surface area (Å²) in [7, 11) is 0. The Morgan fingerprint density at radius 3 is 2.77 bits per heavy atom. The van der Waals surface area contributed by atoms with E-state index in [1.54, 1.807) is 0 Å². The van der Waals surface area contributed by atoms with Gasteiger partial charge >= 0.3 is 5.97 Å². The molecule has 0 bridgehead atoms. The average Bonchev–Trinajstić information content (AvgIpc) is 2.41. The van der Waals surface area contributed by atoms with Crippen LogP contribution >= 0.6 is 11.6 Å². The quantitative estimate of drug-likeness (QED) is 0.821. The summed E-state index contributed by atoms with van der Waals surface area (Å²) >= 11 is 6.15. The van der Waals surface area contributed by atoms with E-state index in [2.05, 4.69) is 32.6 Å². The van der Waals surface area contributed by atoms with Crippen molar-refractivity contribution < 1.29 is 9.90 Å². The van der Waals surface area contributed by atoms with Crippen LogP contribution in [0.25, 0.3) is 0 Å². The summed E-state index contributed by atoms with van der Waals surface area (Å²) in [6.07, 6.45) is 3.52. The minimum Gasteiger partial charge on any atom is -0.480 e. The Balaban J connectivity index is 2.51. The molecule has 122 valence electrons. The summed E-state index contributed by atoms with van der Waals surface area (Å²) in [6.45, 7) is 8.57. The van der Waals surface area contributed by atoms with E-state index in [1.807, 2.05) is 18.2 Å². The first-order valence-electron chi connectivity index (χ1n) is 8.09. The number of fused-ring (bicyclic) bond motifs is 1. The Morgan fingerprint density at radius 2 is 2.18 bits per heavy atom. The molecule has 1 aromatic rings. The van der Waals surface area contributed by atoms with Crippen molar-refractivity contribution in [2.75, 3.05) is 4.90 Å². The van der Waals surface area contributed by atoms with E-state index in [1.165, 1.54) is 0 Å². The lowest BCUT2D eigenvalue weighted by Crippen LogP contribution is -2.56. The van der Waals surface area contributed by atoms with Crippen LogP contribution in [0.5, 0.6) is 0 Å². The van der Waals surface area contributed by atoms with Gasteiger partial charge in [0.15, 0.2) is 0 Å². The Morgan fingerprint density at radius 1 is 1.50 bits per heavy atom. The monoisotopic (exact) mass is 323 g/mol. The van der Waals surface area contributed by atoms with E-state index in [0.717, 1.165) is 30.5 Å². The van der Waals surface area contributed by atoms with Crippen LogP contribution in [-0.4, -0.2) is 22.7 Å². The number of anilines is 1. The van der Waals surface area contributed by atoms with Crippen LogP contribution in [-0.2, 0) is 4.79 Å². The van der Waals surface area contributed by atoms with Crippen molar-refractivity contribution in [3.8, 4) is 0 Å². The fraction of sp³-hybridized carbons (Fsp3) is 0.611. The molecular formula is C18H26ClNO2. The zero-order valence-corrected chi connectivity index (χ0v) is 14.7. The lowest BCUT2D eigenvalue weighted by Gasteiger charge is -2.50. The van der Waals surface area contributed by atoms with Crippen molar-refractivity contribution in [3.05, 3.63) is 28.8 Å². The molecule has 0 saturated carbocycles. The third-order valence-electron chi connectivity index (χ3n) is 4.67. The summed E-state index contributed by atoms with van der Waals surface area (Å²) < 4.78 is 0. The second-order valence-corrected chi connectivity index (χ2v) is 7.42. The van der Waals surface area contributed by atoms with Gasteiger partial charge in [0.05, 0.1) is 0 Å². The van der Waals surface area contributed by atoms with Crippen LogP contribution in [0.4, 0.5) is 5.69 Å². The molecule has 0 fully saturated rings. The predicted octanol–water partition coefficient (Wildman–Crippen LogP) is 5.08. The van der Waals surface area contributed by atoms with Gasteiger partial charge in [-0.25, -0.2) is 4.79 Å². The van der Waals surface area contributed by atoms with Gasteiger partial charge in [-0.3, -0.25) is 0 Å². The maximum atomic E-state index is 11.9. The molecule has 0 saturated heterocycles. The van der Waals surface area contributed by atoms with Crippen molar-refractivity contribution >= 4 is 23.3 Å². The van der Waals surface area contributed by atoms with E-state index >= 15 is 0 Å². The number of benzene rings is 1. The zero-order chi connectivity index (χ0) is 16.5. The number of unbranched alkanes of at least 4 members (excludes halogenated alkanes) is 1. The highest BCUT2D eigenvalue weighted by molar-refractivity contribution is 6.30. The minimum absolute atomic E-state index is 0.183. The van der Waals surface area contributed by atoms with E-state index in [0.29, 0.717) is 17.4 Å². The van der Waals surface area contributed by atoms with Crippen molar-refractivity contribution in [1.29, 1.82) is 0 Å². The average molecular weight is 324 g/mol. The van der Waals surface area contributed by atoms with Crippen LogP contribution in [0.15, 0.2) is 18.2 Å². The highest BCUT2D eigenvalue weighted by atomic mass is 35.5. The number of carbonyl (C=O) groups is 1. The molecular weight excluding hydrogens is 298 g/mol. The molecule has 2 atom stereocenters. The van der Waals surface area contributed by atoms with E-state index < -0.39 is 12.0 Å². The Kier molecular flexibility index (Phi) is 5.06. The SMILES string of the molecule is CCCC[C@@H](C(=O)O)N1c2ccc(Cl)cc2[C@@H](C)CC1(C)C. The largest absolute Gasteiger partial charge is 0.480 e. The molecule has 0 spiro atoms. The first-order chi connectivity index (χ1) is 10.3. The number of nitrogens with zero attached hydrogens (tertiary/aromatic N) is 1. The van der Waals surface area contributed by atoms with Gasteiger partial charge in [-0.1, -0.05) is 38.3 Å². The highest BCUT2D eigenvalue weighted by Gasteiger charge is 2.42. The number of aliphatic carboxylic acids is 1. The first-order valence-corrected chi connectivity index (χ1v) is 8.47. The minimum atomic E-state index is -0.739. The Hall–Kier alpha value is -1.22. The predicted molar refractivity (Wildman–Crippen MR) is 92.0 cm³/mol. The molecule has 22 heavy (non-hydrogen) atoms. The van der Waals surface area contributed by atoms with Crippen molar-refractivity contribution in [2.45, 2.75) is 70.9 Å². The molecule has 0 radical (unpaired) electrons. The third-order valence-corrected chi connectivity index (χ3v) is 4.90. The molecule has 0 amide bonds. The molecule has 1 N–H and O–H groups in total. The lowest BCUT2D eigenvalue weighted by atomic mass is 9.78. The summed E-state index contributed by atoms with van der Waals surface area (Å²) in [5.74, 6) is -0.363. The van der Waals surface area contributed by atoms with E-state index in [4.69, 9.17) is 11.6 Å². The summed E-state index contributed by atoms with van der Waals surface area (Å²) in [4.78, 5) is 14.0. The second kappa shape index (κ2) is 6.49. The number of hydrogen-bond donors (Lipinski definition) is 1. The number of halogens is 1. The molecule has 1 aromatic carbocycles. The van der Waals surface area contributed by atoms with Gasteiger partial charge in [-0.2, -0.15) is 0 Å². The van der Waals surface area contributed by atoms with Gasteiger partial charge in [-0.15, -0.1) is 0 Å². The molecule has 2 rings (SSSR count). The summed E-state index contributed by atoms with van der Waals surface area (Å²) in [6, 6.07) is 5.35. The molecule has 0 aromatic heterocycles. The van der Waals surface area contributed by atoms with E-state index in [-0.39, 0.29) is 5.54 Å². The van der Waals surface area contributed by atoms with Gasteiger partial charge in [0, 0.05) is 16.2 Å². The highest BCUT2D eigenvalue weighted by Crippen LogP contribution is 2.45. The standard InChI is InChI=1S/C18H26ClNO2/c1-5-6-7-16(17(21)22)20-15-9-8-13(19)10-14(15)12(2)11-18(20,3)4/h8-10,12,16H,5-7,11H2,1-4H3,(H,21,22)/t12-,16-/m0/s1. The first kappa shape index (κ1) is 17.1. The molecule has 3 nitrogen and oxygen atoms in total. The molecule has 0 unspecified atom stereocenters. The molecule has 1 heterocycles. The van der Waals surface area contributed by atoms with Crippen molar-refractivity contribution in [1.82, 2.24) is 0 Å². The molecule has 4 heteroatoms. The van der Waals surface area contributed by atoms with Crippen LogP contribution < -0.4 is 4.90 Å². The number of hydrogen-bond acceptors (Lipinski definition) is 2. The molecule has 1 aliphatic rings.